The molecule has 1 aromatic heterocycles. The van der Waals surface area contributed by atoms with Crippen LogP contribution in [0.15, 0.2) is 27.8 Å². The van der Waals surface area contributed by atoms with Gasteiger partial charge in [-0.05, 0) is 49.8 Å². The molecule has 0 bridgehead atoms. The second-order valence-corrected chi connectivity index (χ2v) is 9.78. The Morgan fingerprint density at radius 2 is 1.68 bits per heavy atom. The van der Waals surface area contributed by atoms with E-state index in [0.29, 0.717) is 49.4 Å². The standard InChI is InChI=1S/C25H34N4O5/c1-16(2)22(30)27-10-12-28(13-11-27)23(31)18-6-4-17(5-7-18)15-29-24(32)20-14-19(34-3)8-9-21(20)26-25(29)33/h8-9,14,16-18H,4-7,10-13,15H2,1-3H3,(H,26,33). The average Bonchev–Trinajstić information content (AvgIpc) is 2.86. The molecule has 1 saturated carbocycles. The van der Waals surface area contributed by atoms with Gasteiger partial charge in [-0.25, -0.2) is 4.79 Å². The maximum absolute atomic E-state index is 13.0. The van der Waals surface area contributed by atoms with Gasteiger partial charge in [-0.2, -0.15) is 0 Å². The minimum absolute atomic E-state index is 0.0260. The molecule has 1 aromatic carbocycles. The first kappa shape index (κ1) is 24.0. The summed E-state index contributed by atoms with van der Waals surface area (Å²) in [5.41, 5.74) is -0.226. The average molecular weight is 471 g/mol. The van der Waals surface area contributed by atoms with E-state index in [2.05, 4.69) is 4.98 Å². The lowest BCUT2D eigenvalue weighted by Gasteiger charge is -2.38. The van der Waals surface area contributed by atoms with Crippen LogP contribution in [0.25, 0.3) is 10.9 Å². The first-order valence-electron chi connectivity index (χ1n) is 12.2. The second kappa shape index (κ2) is 10.0. The van der Waals surface area contributed by atoms with Crippen LogP contribution in [0.5, 0.6) is 5.75 Å². The topological polar surface area (TPSA) is 105 Å². The van der Waals surface area contributed by atoms with Crippen LogP contribution in [0.3, 0.4) is 0 Å². The molecule has 1 aliphatic heterocycles. The van der Waals surface area contributed by atoms with Crippen molar-refractivity contribution in [2.75, 3.05) is 33.3 Å². The molecule has 1 saturated heterocycles. The van der Waals surface area contributed by atoms with Crippen molar-refractivity contribution in [1.29, 1.82) is 0 Å². The highest BCUT2D eigenvalue weighted by Gasteiger charge is 2.32. The van der Waals surface area contributed by atoms with Crippen LogP contribution in [-0.4, -0.2) is 64.5 Å². The summed E-state index contributed by atoms with van der Waals surface area (Å²) < 4.78 is 6.49. The molecule has 0 unspecified atom stereocenters. The predicted molar refractivity (Wildman–Crippen MR) is 129 cm³/mol. The van der Waals surface area contributed by atoms with E-state index in [1.54, 1.807) is 18.2 Å². The number of fused-ring (bicyclic) bond motifs is 1. The Morgan fingerprint density at radius 1 is 1.03 bits per heavy atom. The highest BCUT2D eigenvalue weighted by molar-refractivity contribution is 5.81. The number of nitrogens with one attached hydrogen (secondary N) is 1. The summed E-state index contributed by atoms with van der Waals surface area (Å²) in [7, 11) is 1.54. The molecule has 4 rings (SSSR count). The molecule has 2 aliphatic rings. The smallest absolute Gasteiger partial charge is 0.328 e. The molecule has 9 heteroatoms. The molecule has 1 N–H and O–H groups in total. The van der Waals surface area contributed by atoms with Crippen LogP contribution in [0.4, 0.5) is 0 Å². The Labute approximate surface area is 198 Å². The predicted octanol–water partition coefficient (Wildman–Crippen LogP) is 1.83. The largest absolute Gasteiger partial charge is 0.497 e. The number of aromatic nitrogens is 2. The maximum Gasteiger partial charge on any atom is 0.328 e. The number of methoxy groups -OCH3 is 1. The fourth-order valence-corrected chi connectivity index (χ4v) is 5.14. The first-order chi connectivity index (χ1) is 16.3. The zero-order valence-corrected chi connectivity index (χ0v) is 20.2. The molecular weight excluding hydrogens is 436 g/mol. The molecule has 2 aromatic rings. The Bertz CT molecular complexity index is 1170. The molecule has 2 fully saturated rings. The second-order valence-electron chi connectivity index (χ2n) is 9.78. The molecule has 0 spiro atoms. The van der Waals surface area contributed by atoms with E-state index in [0.717, 1.165) is 25.7 Å². The third-order valence-electron chi connectivity index (χ3n) is 7.22. The number of nitrogens with zero attached hydrogens (tertiary/aromatic N) is 3. The number of hydrogen-bond donors (Lipinski definition) is 1. The highest BCUT2D eigenvalue weighted by Crippen LogP contribution is 2.31. The molecule has 1 aliphatic carbocycles. The first-order valence-corrected chi connectivity index (χ1v) is 12.2. The zero-order valence-electron chi connectivity index (χ0n) is 20.2. The zero-order chi connectivity index (χ0) is 24.4. The van der Waals surface area contributed by atoms with Crippen LogP contribution >= 0.6 is 0 Å². The summed E-state index contributed by atoms with van der Waals surface area (Å²) in [6.45, 7) is 6.50. The normalized spacial score (nSPS) is 21.2. The molecule has 0 atom stereocenters. The Balaban J connectivity index is 1.35. The number of H-pyrrole nitrogens is 1. The molecule has 34 heavy (non-hydrogen) atoms. The van der Waals surface area contributed by atoms with Crippen molar-refractivity contribution in [3.8, 4) is 5.75 Å². The van der Waals surface area contributed by atoms with Crippen molar-refractivity contribution in [1.82, 2.24) is 19.4 Å². The van der Waals surface area contributed by atoms with Crippen LogP contribution in [0, 0.1) is 17.8 Å². The third kappa shape index (κ3) is 4.88. The van der Waals surface area contributed by atoms with Crippen molar-refractivity contribution >= 4 is 22.7 Å². The van der Waals surface area contributed by atoms with Crippen LogP contribution < -0.4 is 16.0 Å². The van der Waals surface area contributed by atoms with Crippen molar-refractivity contribution in [3.05, 3.63) is 39.0 Å². The Hall–Kier alpha value is -3.10. The van der Waals surface area contributed by atoms with Gasteiger partial charge in [0.15, 0.2) is 0 Å². The molecule has 9 nitrogen and oxygen atoms in total. The number of amides is 2. The molecular formula is C25H34N4O5. The summed E-state index contributed by atoms with van der Waals surface area (Å²) in [5, 5.41) is 0.429. The van der Waals surface area contributed by atoms with Crippen molar-refractivity contribution in [3.63, 3.8) is 0 Å². The van der Waals surface area contributed by atoms with E-state index in [1.807, 2.05) is 23.6 Å². The van der Waals surface area contributed by atoms with Crippen LogP contribution in [0.1, 0.15) is 39.5 Å². The summed E-state index contributed by atoms with van der Waals surface area (Å²) in [6, 6.07) is 5.03. The monoisotopic (exact) mass is 470 g/mol. The number of carbonyl (C=O) groups excluding carboxylic acids is 2. The van der Waals surface area contributed by atoms with Crippen LogP contribution in [-0.2, 0) is 16.1 Å². The summed E-state index contributed by atoms with van der Waals surface area (Å²) in [4.78, 5) is 57.3. The van der Waals surface area contributed by atoms with Gasteiger partial charge in [-0.1, -0.05) is 13.8 Å². The van der Waals surface area contributed by atoms with Gasteiger partial charge in [0.25, 0.3) is 5.56 Å². The lowest BCUT2D eigenvalue weighted by atomic mass is 9.81. The van der Waals surface area contributed by atoms with Gasteiger partial charge in [-0.15, -0.1) is 0 Å². The lowest BCUT2D eigenvalue weighted by molar-refractivity contribution is -0.144. The lowest BCUT2D eigenvalue weighted by Crippen LogP contribution is -2.53. The summed E-state index contributed by atoms with van der Waals surface area (Å²) >= 11 is 0. The molecule has 0 radical (unpaired) electrons. The summed E-state index contributed by atoms with van der Waals surface area (Å²) in [5.74, 6) is 0.998. The number of rotatable bonds is 5. The number of benzene rings is 1. The van der Waals surface area contributed by atoms with E-state index >= 15 is 0 Å². The van der Waals surface area contributed by atoms with Gasteiger partial charge in [0.2, 0.25) is 11.8 Å². The van der Waals surface area contributed by atoms with Gasteiger partial charge in [0, 0.05) is 44.6 Å². The summed E-state index contributed by atoms with van der Waals surface area (Å²) in [6.07, 6.45) is 3.10. The number of carbonyl (C=O) groups is 2. The minimum atomic E-state index is -0.408. The quantitative estimate of drug-likeness (QED) is 0.718. The van der Waals surface area contributed by atoms with Crippen molar-refractivity contribution in [2.24, 2.45) is 17.8 Å². The molecule has 184 valence electrons. The van der Waals surface area contributed by atoms with Crippen LogP contribution in [0.2, 0.25) is 0 Å². The van der Waals surface area contributed by atoms with E-state index in [9.17, 15) is 19.2 Å². The van der Waals surface area contributed by atoms with Gasteiger partial charge in [-0.3, -0.25) is 19.0 Å². The highest BCUT2D eigenvalue weighted by atomic mass is 16.5. The minimum Gasteiger partial charge on any atom is -0.497 e. The van der Waals surface area contributed by atoms with E-state index in [-0.39, 0.29) is 35.1 Å². The SMILES string of the molecule is COc1ccc2[nH]c(=O)n(CC3CCC(C(=O)N4CCN(C(=O)C(C)C)CC4)CC3)c(=O)c2c1. The van der Waals surface area contributed by atoms with E-state index < -0.39 is 5.69 Å². The van der Waals surface area contributed by atoms with Gasteiger partial charge in [0.05, 0.1) is 18.0 Å². The fourth-order valence-electron chi connectivity index (χ4n) is 5.14. The molecule has 2 amide bonds. The van der Waals surface area contributed by atoms with E-state index in [1.165, 1.54) is 11.7 Å². The number of hydrogen-bond acceptors (Lipinski definition) is 5. The van der Waals surface area contributed by atoms with E-state index in [4.69, 9.17) is 4.74 Å². The molecule has 2 heterocycles. The van der Waals surface area contributed by atoms with Gasteiger partial charge >= 0.3 is 5.69 Å². The number of piperazine rings is 1. The Morgan fingerprint density at radius 3 is 2.29 bits per heavy atom. The number of aromatic amines is 1. The maximum atomic E-state index is 13.0. The number of ether oxygens (including phenoxy) is 1. The Kier molecular flexibility index (Phi) is 7.09. The van der Waals surface area contributed by atoms with Gasteiger partial charge < -0.3 is 19.5 Å². The van der Waals surface area contributed by atoms with Gasteiger partial charge in [0.1, 0.15) is 5.75 Å². The third-order valence-corrected chi connectivity index (χ3v) is 7.22. The van der Waals surface area contributed by atoms with Crippen molar-refractivity contribution in [2.45, 2.75) is 46.1 Å². The van der Waals surface area contributed by atoms with Crippen molar-refractivity contribution < 1.29 is 14.3 Å². The fraction of sp³-hybridized carbons (Fsp3) is 0.600.